The minimum absolute atomic E-state index is 0.0984. The van der Waals surface area contributed by atoms with Crippen LogP contribution in [0.2, 0.25) is 0 Å². The zero-order valence-electron chi connectivity index (χ0n) is 12.6. The molecule has 0 saturated heterocycles. The largest absolute Gasteiger partial charge is 0.619 e. The Labute approximate surface area is 122 Å². The van der Waals surface area contributed by atoms with E-state index in [0.717, 1.165) is 0 Å². The van der Waals surface area contributed by atoms with E-state index in [1.807, 2.05) is 0 Å². The maximum absolute atomic E-state index is 11.4. The van der Waals surface area contributed by atoms with Gasteiger partial charge in [0.1, 0.15) is 0 Å². The average molecular weight is 304 g/mol. The second-order valence-electron chi connectivity index (χ2n) is 3.81. The first-order valence-corrected chi connectivity index (χ1v) is 6.69. The summed E-state index contributed by atoms with van der Waals surface area (Å²) in [5, 5.41) is 0. The van der Waals surface area contributed by atoms with E-state index in [2.05, 4.69) is 0 Å². The Morgan fingerprint density at radius 2 is 0.762 bits per heavy atom. The minimum atomic E-state index is -2.81. The van der Waals surface area contributed by atoms with Crippen molar-refractivity contribution in [3.8, 4) is 0 Å². The van der Waals surface area contributed by atoms with Crippen molar-refractivity contribution in [2.45, 2.75) is 59.5 Å². The molecule has 21 heavy (non-hydrogen) atoms. The molecule has 0 aliphatic carbocycles. The zero-order valence-corrected chi connectivity index (χ0v) is 12.6. The van der Waals surface area contributed by atoms with Crippen LogP contribution in [-0.2, 0) is 38.1 Å². The van der Waals surface area contributed by atoms with Gasteiger partial charge >= 0.3 is 30.0 Å². The van der Waals surface area contributed by atoms with Gasteiger partial charge in [-0.1, -0.05) is 27.7 Å². The highest BCUT2D eigenvalue weighted by Crippen LogP contribution is 2.21. The molecule has 8 nitrogen and oxygen atoms in total. The fourth-order valence-electron chi connectivity index (χ4n) is 0.971. The van der Waals surface area contributed by atoms with Gasteiger partial charge in [0.05, 0.1) is 0 Å². The Morgan fingerprint density at radius 1 is 0.571 bits per heavy atom. The first-order chi connectivity index (χ1) is 9.82. The third kappa shape index (κ3) is 6.73. The highest BCUT2D eigenvalue weighted by molar-refractivity contribution is 5.75. The summed E-state index contributed by atoms with van der Waals surface area (Å²) in [6.45, 7) is 5.88. The molecule has 0 bridgehead atoms. The fourth-order valence-corrected chi connectivity index (χ4v) is 0.971. The maximum atomic E-state index is 11.4. The lowest BCUT2D eigenvalue weighted by molar-refractivity contribution is -0.432. The quantitative estimate of drug-likeness (QED) is 0.489. The number of rotatable bonds is 8. The van der Waals surface area contributed by atoms with Crippen LogP contribution < -0.4 is 0 Å². The van der Waals surface area contributed by atoms with Gasteiger partial charge in [-0.2, -0.15) is 0 Å². The van der Waals surface area contributed by atoms with E-state index in [0.29, 0.717) is 0 Å². The molecule has 0 fully saturated rings. The predicted molar refractivity (Wildman–Crippen MR) is 68.3 cm³/mol. The summed E-state index contributed by atoms with van der Waals surface area (Å²) >= 11 is 0. The maximum Gasteiger partial charge on any atom is 0.619 e. The summed E-state index contributed by atoms with van der Waals surface area (Å²) in [7, 11) is 0. The molecular formula is C13H20O8. The molecule has 0 rings (SSSR count). The van der Waals surface area contributed by atoms with Crippen molar-refractivity contribution in [3.63, 3.8) is 0 Å². The number of esters is 4. The van der Waals surface area contributed by atoms with Crippen LogP contribution in [0.3, 0.4) is 0 Å². The first-order valence-electron chi connectivity index (χ1n) is 6.69. The van der Waals surface area contributed by atoms with Crippen molar-refractivity contribution in [2.24, 2.45) is 0 Å². The van der Waals surface area contributed by atoms with Gasteiger partial charge in [-0.3, -0.25) is 19.2 Å². The Balaban J connectivity index is 5.43. The number of carbonyl (C=O) groups is 4. The van der Waals surface area contributed by atoms with E-state index < -0.39 is 30.0 Å². The van der Waals surface area contributed by atoms with Crippen molar-refractivity contribution in [3.05, 3.63) is 0 Å². The molecule has 0 N–H and O–H groups in total. The van der Waals surface area contributed by atoms with Gasteiger partial charge in [0.15, 0.2) is 0 Å². The van der Waals surface area contributed by atoms with Gasteiger partial charge < -0.3 is 18.9 Å². The number of hydrogen-bond donors (Lipinski definition) is 0. The van der Waals surface area contributed by atoms with Crippen molar-refractivity contribution in [1.29, 1.82) is 0 Å². The molecular weight excluding hydrogens is 284 g/mol. The number of ether oxygens (including phenoxy) is 4. The lowest BCUT2D eigenvalue weighted by Gasteiger charge is -2.28. The van der Waals surface area contributed by atoms with Crippen LogP contribution in [0.1, 0.15) is 53.4 Å². The molecule has 0 atom stereocenters. The monoisotopic (exact) mass is 304 g/mol. The van der Waals surface area contributed by atoms with E-state index in [-0.39, 0.29) is 25.7 Å². The topological polar surface area (TPSA) is 105 Å². The lowest BCUT2D eigenvalue weighted by atomic mass is 10.5. The van der Waals surface area contributed by atoms with Crippen molar-refractivity contribution < 1.29 is 38.1 Å². The third-order valence-corrected chi connectivity index (χ3v) is 2.11. The number of hydrogen-bond acceptors (Lipinski definition) is 8. The molecule has 120 valence electrons. The summed E-state index contributed by atoms with van der Waals surface area (Å²) in [6, 6.07) is 0. The Morgan fingerprint density at radius 3 is 0.905 bits per heavy atom. The molecule has 0 heterocycles. The SMILES string of the molecule is CCC(=O)OC(OC(=O)CC)(OC(=O)CC)OC(=O)CC. The summed E-state index contributed by atoms with van der Waals surface area (Å²) in [6.07, 6.45) is -3.20. The molecule has 0 spiro atoms. The average Bonchev–Trinajstić information content (AvgIpc) is 2.46. The van der Waals surface area contributed by atoms with Gasteiger partial charge in [-0.25, -0.2) is 0 Å². The summed E-state index contributed by atoms with van der Waals surface area (Å²) < 4.78 is 18.9. The van der Waals surface area contributed by atoms with Crippen LogP contribution in [0.5, 0.6) is 0 Å². The molecule has 0 aliphatic rings. The van der Waals surface area contributed by atoms with Crippen LogP contribution in [-0.4, -0.2) is 30.0 Å². The number of carbonyl (C=O) groups excluding carboxylic acids is 4. The summed E-state index contributed by atoms with van der Waals surface area (Å²) in [5.74, 6) is -3.48. The third-order valence-electron chi connectivity index (χ3n) is 2.11. The second kappa shape index (κ2) is 8.93. The van der Waals surface area contributed by atoms with Gasteiger partial charge in [-0.05, 0) is 0 Å². The predicted octanol–water partition coefficient (Wildman–Crippen LogP) is 1.41. The second-order valence-corrected chi connectivity index (χ2v) is 3.81. The fraction of sp³-hybridized carbons (Fsp3) is 0.692. The summed E-state index contributed by atoms with van der Waals surface area (Å²) in [5.41, 5.74) is 0. The smallest absolute Gasteiger partial charge is 0.352 e. The standard InChI is InChI=1S/C13H20O8/c1-5-9(14)18-13(19-10(15)6-2,20-11(16)7-3)21-12(17)8-4/h5-8H2,1-4H3. The highest BCUT2D eigenvalue weighted by atomic mass is 17.0. The molecule has 0 aromatic heterocycles. The molecule has 0 aromatic carbocycles. The van der Waals surface area contributed by atoms with Gasteiger partial charge in [0, 0.05) is 25.7 Å². The highest BCUT2D eigenvalue weighted by Gasteiger charge is 2.48. The molecule has 0 aliphatic heterocycles. The Kier molecular flexibility index (Phi) is 8.03. The van der Waals surface area contributed by atoms with E-state index in [9.17, 15) is 19.2 Å². The summed E-state index contributed by atoms with van der Waals surface area (Å²) in [4.78, 5) is 45.8. The van der Waals surface area contributed by atoms with Crippen molar-refractivity contribution in [1.82, 2.24) is 0 Å². The van der Waals surface area contributed by atoms with E-state index in [1.54, 1.807) is 0 Å². The zero-order chi connectivity index (χ0) is 16.5. The van der Waals surface area contributed by atoms with E-state index in [1.165, 1.54) is 27.7 Å². The molecule has 0 amide bonds. The molecule has 0 saturated carbocycles. The lowest BCUT2D eigenvalue weighted by Crippen LogP contribution is -2.48. The first kappa shape index (κ1) is 18.9. The van der Waals surface area contributed by atoms with Crippen molar-refractivity contribution >= 4 is 23.9 Å². The molecule has 0 radical (unpaired) electrons. The van der Waals surface area contributed by atoms with Crippen LogP contribution in [0.15, 0.2) is 0 Å². The normalized spacial score (nSPS) is 10.5. The van der Waals surface area contributed by atoms with Crippen LogP contribution in [0.25, 0.3) is 0 Å². The van der Waals surface area contributed by atoms with Gasteiger partial charge in [0.25, 0.3) is 0 Å². The van der Waals surface area contributed by atoms with Crippen LogP contribution in [0.4, 0.5) is 0 Å². The minimum Gasteiger partial charge on any atom is -0.352 e. The molecule has 0 unspecified atom stereocenters. The van der Waals surface area contributed by atoms with Gasteiger partial charge in [0.2, 0.25) is 0 Å². The molecule has 0 aromatic rings. The molecule has 8 heteroatoms. The van der Waals surface area contributed by atoms with Crippen LogP contribution in [0, 0.1) is 0 Å². The van der Waals surface area contributed by atoms with Gasteiger partial charge in [-0.15, -0.1) is 0 Å². The Hall–Kier alpha value is -2.12. The van der Waals surface area contributed by atoms with Crippen LogP contribution >= 0.6 is 0 Å². The van der Waals surface area contributed by atoms with Crippen molar-refractivity contribution in [2.75, 3.05) is 0 Å². The van der Waals surface area contributed by atoms with E-state index >= 15 is 0 Å². The van der Waals surface area contributed by atoms with E-state index in [4.69, 9.17) is 18.9 Å². The Bertz CT molecular complexity index is 323.